The van der Waals surface area contributed by atoms with E-state index in [1.165, 1.54) is 11.1 Å². The number of rotatable bonds is 3. The summed E-state index contributed by atoms with van der Waals surface area (Å²) in [6, 6.07) is 18.8. The molecule has 0 amide bonds. The Balaban J connectivity index is 1.90. The molecule has 3 aromatic rings. The molecule has 2 heteroatoms. The normalized spacial score (nSPS) is 10.9. The number of hydrogen-bond donors (Lipinski definition) is 1. The van der Waals surface area contributed by atoms with Gasteiger partial charge in [0.25, 0.3) is 0 Å². The van der Waals surface area contributed by atoms with Crippen LogP contribution in [0.25, 0.3) is 22.6 Å². The number of benzene rings is 2. The van der Waals surface area contributed by atoms with E-state index in [4.69, 9.17) is 0 Å². The lowest BCUT2D eigenvalue weighted by atomic mass is 10.0. The first-order chi connectivity index (χ1) is 9.74. The summed E-state index contributed by atoms with van der Waals surface area (Å²) < 4.78 is 0. The van der Waals surface area contributed by atoms with Gasteiger partial charge in [-0.05, 0) is 17.0 Å². The van der Waals surface area contributed by atoms with E-state index in [1.54, 1.807) is 0 Å². The Hall–Kier alpha value is -2.35. The standard InChI is InChI=1S/C18H18N2/c1-13(2)14-8-10-15(11-9-14)17-12-19-18(20-17)16-6-4-3-5-7-16/h3-13H,1-2H3,(H,19,20). The van der Waals surface area contributed by atoms with Crippen LogP contribution < -0.4 is 0 Å². The Morgan fingerprint density at radius 2 is 1.55 bits per heavy atom. The van der Waals surface area contributed by atoms with Gasteiger partial charge in [-0.3, -0.25) is 0 Å². The second-order valence-electron chi connectivity index (χ2n) is 5.29. The number of nitrogens with zero attached hydrogens (tertiary/aromatic N) is 1. The van der Waals surface area contributed by atoms with Crippen molar-refractivity contribution in [2.24, 2.45) is 0 Å². The highest BCUT2D eigenvalue weighted by molar-refractivity contribution is 5.64. The first-order valence-corrected chi connectivity index (χ1v) is 6.95. The zero-order chi connectivity index (χ0) is 13.9. The summed E-state index contributed by atoms with van der Waals surface area (Å²) in [6.45, 7) is 4.41. The van der Waals surface area contributed by atoms with E-state index in [2.05, 4.69) is 60.2 Å². The fraction of sp³-hybridized carbons (Fsp3) is 0.167. The summed E-state index contributed by atoms with van der Waals surface area (Å²) in [7, 11) is 0. The molecule has 2 aromatic carbocycles. The fourth-order valence-electron chi connectivity index (χ4n) is 2.26. The number of hydrogen-bond acceptors (Lipinski definition) is 1. The van der Waals surface area contributed by atoms with E-state index in [9.17, 15) is 0 Å². The van der Waals surface area contributed by atoms with Crippen molar-refractivity contribution in [2.75, 3.05) is 0 Å². The Bertz CT molecular complexity index is 679. The number of aromatic amines is 1. The Morgan fingerprint density at radius 1 is 0.850 bits per heavy atom. The van der Waals surface area contributed by atoms with Gasteiger partial charge in [0, 0.05) is 5.56 Å². The second-order valence-corrected chi connectivity index (χ2v) is 5.29. The fourth-order valence-corrected chi connectivity index (χ4v) is 2.26. The Labute approximate surface area is 119 Å². The molecule has 0 atom stereocenters. The molecule has 2 nitrogen and oxygen atoms in total. The maximum Gasteiger partial charge on any atom is 0.137 e. The quantitative estimate of drug-likeness (QED) is 0.717. The minimum atomic E-state index is 0.561. The summed E-state index contributed by atoms with van der Waals surface area (Å²) in [6.07, 6.45) is 1.90. The van der Waals surface area contributed by atoms with E-state index in [0.717, 1.165) is 17.1 Å². The molecule has 100 valence electrons. The molecule has 1 heterocycles. The van der Waals surface area contributed by atoms with E-state index >= 15 is 0 Å². The van der Waals surface area contributed by atoms with Gasteiger partial charge in [0.05, 0.1) is 11.9 Å². The molecule has 0 aliphatic heterocycles. The summed E-state index contributed by atoms with van der Waals surface area (Å²) in [5.41, 5.74) is 4.69. The molecule has 3 rings (SSSR count). The van der Waals surface area contributed by atoms with Crippen molar-refractivity contribution < 1.29 is 0 Å². The minimum Gasteiger partial charge on any atom is -0.338 e. The van der Waals surface area contributed by atoms with Gasteiger partial charge in [-0.25, -0.2) is 4.98 Å². The van der Waals surface area contributed by atoms with Gasteiger partial charge >= 0.3 is 0 Å². The number of H-pyrrole nitrogens is 1. The van der Waals surface area contributed by atoms with E-state index < -0.39 is 0 Å². The molecule has 0 saturated carbocycles. The molecular formula is C18H18N2. The van der Waals surface area contributed by atoms with Crippen LogP contribution in [0.3, 0.4) is 0 Å². The van der Waals surface area contributed by atoms with Crippen molar-refractivity contribution in [2.45, 2.75) is 19.8 Å². The zero-order valence-electron chi connectivity index (χ0n) is 11.8. The smallest absolute Gasteiger partial charge is 0.137 e. The lowest BCUT2D eigenvalue weighted by Crippen LogP contribution is -1.86. The van der Waals surface area contributed by atoms with E-state index in [-0.39, 0.29) is 0 Å². The van der Waals surface area contributed by atoms with Crippen LogP contribution in [-0.2, 0) is 0 Å². The molecule has 0 fully saturated rings. The van der Waals surface area contributed by atoms with Crippen molar-refractivity contribution in [1.29, 1.82) is 0 Å². The summed E-state index contributed by atoms with van der Waals surface area (Å²) >= 11 is 0. The van der Waals surface area contributed by atoms with Gasteiger partial charge in [-0.15, -0.1) is 0 Å². The predicted octanol–water partition coefficient (Wildman–Crippen LogP) is 4.87. The monoisotopic (exact) mass is 262 g/mol. The Morgan fingerprint density at radius 3 is 2.20 bits per heavy atom. The molecule has 1 N–H and O–H groups in total. The minimum absolute atomic E-state index is 0.561. The molecule has 0 saturated heterocycles. The molecule has 0 unspecified atom stereocenters. The van der Waals surface area contributed by atoms with E-state index in [0.29, 0.717) is 5.92 Å². The van der Waals surface area contributed by atoms with Crippen LogP contribution in [-0.4, -0.2) is 9.97 Å². The number of imidazole rings is 1. The topological polar surface area (TPSA) is 28.7 Å². The average Bonchev–Trinajstić information content (AvgIpc) is 2.98. The number of aromatic nitrogens is 2. The van der Waals surface area contributed by atoms with E-state index in [1.807, 2.05) is 24.4 Å². The lowest BCUT2D eigenvalue weighted by molar-refractivity contribution is 0.867. The van der Waals surface area contributed by atoms with Crippen molar-refractivity contribution >= 4 is 0 Å². The molecule has 0 bridgehead atoms. The van der Waals surface area contributed by atoms with Crippen molar-refractivity contribution in [1.82, 2.24) is 9.97 Å². The molecular weight excluding hydrogens is 244 g/mol. The molecule has 20 heavy (non-hydrogen) atoms. The maximum absolute atomic E-state index is 4.46. The summed E-state index contributed by atoms with van der Waals surface area (Å²) in [4.78, 5) is 7.85. The maximum atomic E-state index is 4.46. The first kappa shape index (κ1) is 12.7. The highest BCUT2D eigenvalue weighted by atomic mass is 14.9. The van der Waals surface area contributed by atoms with Crippen molar-refractivity contribution in [3.63, 3.8) is 0 Å². The van der Waals surface area contributed by atoms with Crippen LogP contribution in [0.15, 0.2) is 60.8 Å². The highest BCUT2D eigenvalue weighted by Crippen LogP contribution is 2.24. The third-order valence-corrected chi connectivity index (χ3v) is 3.51. The summed E-state index contributed by atoms with van der Waals surface area (Å²) in [5.74, 6) is 1.47. The molecule has 1 aromatic heterocycles. The number of nitrogens with one attached hydrogen (secondary N) is 1. The van der Waals surface area contributed by atoms with Crippen LogP contribution in [0.5, 0.6) is 0 Å². The second kappa shape index (κ2) is 5.33. The van der Waals surface area contributed by atoms with Crippen LogP contribution >= 0.6 is 0 Å². The molecule has 0 radical (unpaired) electrons. The average molecular weight is 262 g/mol. The van der Waals surface area contributed by atoms with Crippen LogP contribution in [0.4, 0.5) is 0 Å². The third kappa shape index (κ3) is 2.50. The first-order valence-electron chi connectivity index (χ1n) is 6.95. The summed E-state index contributed by atoms with van der Waals surface area (Å²) in [5, 5.41) is 0. The lowest BCUT2D eigenvalue weighted by Gasteiger charge is -2.05. The van der Waals surface area contributed by atoms with Gasteiger partial charge in [0.2, 0.25) is 0 Å². The van der Waals surface area contributed by atoms with Gasteiger partial charge in [0.1, 0.15) is 5.82 Å². The van der Waals surface area contributed by atoms with Gasteiger partial charge in [-0.1, -0.05) is 68.4 Å². The van der Waals surface area contributed by atoms with Crippen LogP contribution in [0.1, 0.15) is 25.3 Å². The Kier molecular flexibility index (Phi) is 3.38. The van der Waals surface area contributed by atoms with Gasteiger partial charge in [0.15, 0.2) is 0 Å². The van der Waals surface area contributed by atoms with Crippen molar-refractivity contribution in [3.05, 3.63) is 66.4 Å². The van der Waals surface area contributed by atoms with Crippen molar-refractivity contribution in [3.8, 4) is 22.6 Å². The van der Waals surface area contributed by atoms with Gasteiger partial charge < -0.3 is 4.98 Å². The molecule has 0 spiro atoms. The van der Waals surface area contributed by atoms with Gasteiger partial charge in [-0.2, -0.15) is 0 Å². The largest absolute Gasteiger partial charge is 0.338 e. The molecule has 0 aliphatic rings. The molecule has 0 aliphatic carbocycles. The van der Waals surface area contributed by atoms with Crippen LogP contribution in [0.2, 0.25) is 0 Å². The predicted molar refractivity (Wildman–Crippen MR) is 83.5 cm³/mol. The van der Waals surface area contributed by atoms with Crippen LogP contribution in [0, 0.1) is 0 Å². The zero-order valence-corrected chi connectivity index (χ0v) is 11.8. The third-order valence-electron chi connectivity index (χ3n) is 3.51. The SMILES string of the molecule is CC(C)c1ccc(-c2cnc(-c3ccccc3)[nH]2)cc1. The highest BCUT2D eigenvalue weighted by Gasteiger charge is 2.05.